The summed E-state index contributed by atoms with van der Waals surface area (Å²) in [5.41, 5.74) is 1.43. The Morgan fingerprint density at radius 1 is 1.56 bits per heavy atom. The van der Waals surface area contributed by atoms with E-state index >= 15 is 0 Å². The summed E-state index contributed by atoms with van der Waals surface area (Å²) in [5, 5.41) is 0. The van der Waals surface area contributed by atoms with Gasteiger partial charge in [0, 0.05) is 11.7 Å². The van der Waals surface area contributed by atoms with Crippen LogP contribution in [0.15, 0.2) is 28.8 Å². The summed E-state index contributed by atoms with van der Waals surface area (Å²) in [5.74, 6) is 0. The van der Waals surface area contributed by atoms with Gasteiger partial charge in [-0.3, -0.25) is 4.99 Å². The van der Waals surface area contributed by atoms with Gasteiger partial charge in [0.2, 0.25) is 0 Å². The van der Waals surface area contributed by atoms with Gasteiger partial charge in [0.15, 0.2) is 0 Å². The fraction of sp³-hybridized carbons (Fsp3) is 0.286. The molecule has 0 aliphatic rings. The van der Waals surface area contributed by atoms with Crippen molar-refractivity contribution in [1.82, 2.24) is 0 Å². The van der Waals surface area contributed by atoms with Crippen LogP contribution < -0.4 is 0 Å². The highest BCUT2D eigenvalue weighted by atomic mass is 35.5. The number of nitrogens with zero attached hydrogens (tertiary/aromatic N) is 1. The third-order valence-electron chi connectivity index (χ3n) is 0.711. The molecule has 50 valence electrons. The van der Waals surface area contributed by atoms with Gasteiger partial charge in [0.05, 0.1) is 6.54 Å². The first-order valence-corrected chi connectivity index (χ1v) is 3.21. The van der Waals surface area contributed by atoms with E-state index in [0.29, 0.717) is 0 Å². The van der Waals surface area contributed by atoms with Crippen LogP contribution in [0, 0.1) is 0 Å². The number of halogens is 1. The number of hydrogen-bond acceptors (Lipinski definition) is 1. The molecule has 0 fully saturated rings. The second-order valence-corrected chi connectivity index (χ2v) is 1.65. The van der Waals surface area contributed by atoms with E-state index in [1.54, 1.807) is 12.3 Å². The first kappa shape index (κ1) is 8.44. The van der Waals surface area contributed by atoms with Crippen molar-refractivity contribution in [2.45, 2.75) is 6.92 Å². The smallest absolute Gasteiger partial charge is 0.0570 e. The lowest BCUT2D eigenvalue weighted by Gasteiger charge is -1.76. The van der Waals surface area contributed by atoms with Gasteiger partial charge in [0.25, 0.3) is 0 Å². The third kappa shape index (κ3) is 7.44. The lowest BCUT2D eigenvalue weighted by Crippen LogP contribution is -1.70. The van der Waals surface area contributed by atoms with Gasteiger partial charge in [-0.15, -0.1) is 0 Å². The molecule has 0 aromatic carbocycles. The molecule has 0 unspecified atom stereocenters. The van der Waals surface area contributed by atoms with E-state index in [4.69, 9.17) is 11.6 Å². The second kappa shape index (κ2) is 7.44. The summed E-state index contributed by atoms with van der Waals surface area (Å²) in [6.45, 7) is 2.70. The second-order valence-electron chi connectivity index (χ2n) is 1.40. The Morgan fingerprint density at radius 2 is 2.33 bits per heavy atom. The molecule has 0 aromatic heterocycles. The summed E-state index contributed by atoms with van der Waals surface area (Å²) >= 11 is 5.22. The molecule has 0 rings (SSSR count). The number of rotatable bonds is 3. The Balaban J connectivity index is 3.25. The van der Waals surface area contributed by atoms with Gasteiger partial charge in [-0.05, 0) is 13.0 Å². The van der Waals surface area contributed by atoms with Gasteiger partial charge >= 0.3 is 0 Å². The molecular formula is C7H10ClN. The summed E-state index contributed by atoms with van der Waals surface area (Å²) in [7, 11) is 0. The number of aliphatic imine (C=N–C) groups is 1. The first-order valence-electron chi connectivity index (χ1n) is 2.78. The minimum absolute atomic E-state index is 0.734. The Labute approximate surface area is 60.7 Å². The van der Waals surface area contributed by atoms with Crippen LogP contribution in [0.4, 0.5) is 0 Å². The largest absolute Gasteiger partial charge is 0.289 e. The maximum Gasteiger partial charge on any atom is 0.0570 e. The molecule has 0 N–H and O–H groups in total. The number of allylic oxidation sites excluding steroid dienone is 2. The molecule has 2 heteroatoms. The van der Waals surface area contributed by atoms with Gasteiger partial charge in [-0.25, -0.2) is 0 Å². The Kier molecular flexibility index (Phi) is 6.98. The van der Waals surface area contributed by atoms with Crippen LogP contribution in [0.2, 0.25) is 0 Å². The van der Waals surface area contributed by atoms with Crippen molar-refractivity contribution in [2.75, 3.05) is 6.54 Å². The maximum atomic E-state index is 5.22. The maximum absolute atomic E-state index is 5.22. The molecule has 0 bridgehead atoms. The molecule has 0 aliphatic carbocycles. The van der Waals surface area contributed by atoms with E-state index in [2.05, 4.69) is 4.99 Å². The average Bonchev–Trinajstić information content (AvgIpc) is 1.89. The summed E-state index contributed by atoms with van der Waals surface area (Å²) in [6.07, 6.45) is 7.29. The SMILES string of the molecule is C/C=C/CN=C/C=C/Cl. The van der Waals surface area contributed by atoms with E-state index in [9.17, 15) is 0 Å². The molecule has 0 atom stereocenters. The van der Waals surface area contributed by atoms with Crippen LogP contribution in [-0.2, 0) is 0 Å². The van der Waals surface area contributed by atoms with Crippen molar-refractivity contribution < 1.29 is 0 Å². The average molecular weight is 144 g/mol. The molecule has 0 saturated heterocycles. The molecule has 9 heavy (non-hydrogen) atoms. The Bertz CT molecular complexity index is 125. The lowest BCUT2D eigenvalue weighted by atomic mass is 10.5. The Morgan fingerprint density at radius 3 is 2.89 bits per heavy atom. The monoisotopic (exact) mass is 143 g/mol. The summed E-state index contributed by atoms with van der Waals surface area (Å²) in [6, 6.07) is 0. The van der Waals surface area contributed by atoms with Crippen LogP contribution in [-0.4, -0.2) is 12.8 Å². The third-order valence-corrected chi connectivity index (χ3v) is 0.856. The quantitative estimate of drug-likeness (QED) is 0.425. The fourth-order valence-electron chi connectivity index (χ4n) is 0.321. The molecule has 0 spiro atoms. The van der Waals surface area contributed by atoms with Gasteiger partial charge in [0.1, 0.15) is 0 Å². The highest BCUT2D eigenvalue weighted by Crippen LogP contribution is 1.76. The minimum Gasteiger partial charge on any atom is -0.289 e. The topological polar surface area (TPSA) is 12.4 Å². The van der Waals surface area contributed by atoms with Crippen LogP contribution in [0.3, 0.4) is 0 Å². The molecule has 0 saturated carbocycles. The van der Waals surface area contributed by atoms with Crippen molar-refractivity contribution in [3.8, 4) is 0 Å². The van der Waals surface area contributed by atoms with Crippen molar-refractivity contribution in [3.63, 3.8) is 0 Å². The standard InChI is InChI=1S/C7H10ClN/c1-2-3-6-9-7-4-5-8/h2-5,7H,6H2,1H3/b3-2+,5-4+,9-7?. The highest BCUT2D eigenvalue weighted by Gasteiger charge is 1.64. The molecule has 0 aliphatic heterocycles. The zero-order chi connectivity index (χ0) is 6.95. The van der Waals surface area contributed by atoms with Crippen molar-refractivity contribution in [2.24, 2.45) is 4.99 Å². The first-order chi connectivity index (χ1) is 4.41. The highest BCUT2D eigenvalue weighted by molar-refractivity contribution is 6.26. The van der Waals surface area contributed by atoms with Crippen molar-refractivity contribution >= 4 is 17.8 Å². The van der Waals surface area contributed by atoms with Crippen molar-refractivity contribution in [1.29, 1.82) is 0 Å². The van der Waals surface area contributed by atoms with Crippen LogP contribution >= 0.6 is 11.6 Å². The molecule has 0 aromatic rings. The Hall–Kier alpha value is -0.560. The lowest BCUT2D eigenvalue weighted by molar-refractivity contribution is 1.25. The van der Waals surface area contributed by atoms with E-state index in [1.165, 1.54) is 5.54 Å². The van der Waals surface area contributed by atoms with Gasteiger partial charge < -0.3 is 0 Å². The predicted octanol–water partition coefficient (Wildman–Crippen LogP) is 2.39. The van der Waals surface area contributed by atoms with E-state index in [1.807, 2.05) is 19.1 Å². The molecule has 1 nitrogen and oxygen atoms in total. The molecule has 0 heterocycles. The minimum atomic E-state index is 0.734. The zero-order valence-corrected chi connectivity index (χ0v) is 6.17. The van der Waals surface area contributed by atoms with E-state index in [0.717, 1.165) is 6.54 Å². The van der Waals surface area contributed by atoms with Crippen LogP contribution in [0.25, 0.3) is 0 Å². The predicted molar refractivity (Wildman–Crippen MR) is 43.2 cm³/mol. The normalized spacial score (nSPS) is 12.7. The van der Waals surface area contributed by atoms with E-state index in [-0.39, 0.29) is 0 Å². The molecule has 0 amide bonds. The van der Waals surface area contributed by atoms with Crippen LogP contribution in [0.1, 0.15) is 6.92 Å². The van der Waals surface area contributed by atoms with Crippen molar-refractivity contribution in [3.05, 3.63) is 23.8 Å². The fourth-order valence-corrected chi connectivity index (χ4v) is 0.386. The van der Waals surface area contributed by atoms with E-state index < -0.39 is 0 Å². The molecular weight excluding hydrogens is 134 g/mol. The molecule has 0 radical (unpaired) electrons. The van der Waals surface area contributed by atoms with Gasteiger partial charge in [-0.1, -0.05) is 23.8 Å². The summed E-state index contributed by atoms with van der Waals surface area (Å²) < 4.78 is 0. The number of hydrogen-bond donors (Lipinski definition) is 0. The summed E-state index contributed by atoms with van der Waals surface area (Å²) in [4.78, 5) is 3.97. The van der Waals surface area contributed by atoms with Crippen LogP contribution in [0.5, 0.6) is 0 Å². The zero-order valence-electron chi connectivity index (χ0n) is 5.42. The van der Waals surface area contributed by atoms with Gasteiger partial charge in [-0.2, -0.15) is 0 Å².